The normalized spacial score (nSPS) is 11.7. The quantitative estimate of drug-likeness (QED) is 0.750. The van der Waals surface area contributed by atoms with Crippen LogP contribution in [0.4, 0.5) is 0 Å². The maximum atomic E-state index is 8.91. The monoisotopic (exact) mass is 227 g/mol. The van der Waals surface area contributed by atoms with Crippen LogP contribution in [0.25, 0.3) is 11.0 Å². The van der Waals surface area contributed by atoms with Crippen molar-refractivity contribution in [3.63, 3.8) is 0 Å². The van der Waals surface area contributed by atoms with Crippen LogP contribution < -0.4 is 0 Å². The second-order valence-electron chi connectivity index (χ2n) is 5.20. The Morgan fingerprint density at radius 2 is 2.06 bits per heavy atom. The van der Waals surface area contributed by atoms with Gasteiger partial charge >= 0.3 is 0 Å². The topological polar surface area (TPSA) is 41.6 Å². The second-order valence-corrected chi connectivity index (χ2v) is 5.20. The summed E-state index contributed by atoms with van der Waals surface area (Å²) in [4.78, 5) is 4.62. The smallest absolute Gasteiger partial charge is 0.110 e. The third kappa shape index (κ3) is 1.91. The van der Waals surface area contributed by atoms with Gasteiger partial charge in [0, 0.05) is 12.0 Å². The molecule has 0 aliphatic rings. The van der Waals surface area contributed by atoms with E-state index in [2.05, 4.69) is 43.3 Å². The van der Waals surface area contributed by atoms with Gasteiger partial charge in [0.15, 0.2) is 0 Å². The number of aromatic nitrogens is 2. The van der Waals surface area contributed by atoms with E-state index in [4.69, 9.17) is 5.26 Å². The third-order valence-corrected chi connectivity index (χ3v) is 2.84. The van der Waals surface area contributed by atoms with Gasteiger partial charge in [0.05, 0.1) is 22.7 Å². The number of rotatable bonds is 1. The van der Waals surface area contributed by atoms with Gasteiger partial charge in [-0.1, -0.05) is 6.92 Å². The number of fused-ring (bicyclic) bond motifs is 1. The van der Waals surface area contributed by atoms with Gasteiger partial charge in [-0.05, 0) is 39.0 Å². The highest BCUT2D eigenvalue weighted by Gasteiger charge is 2.20. The van der Waals surface area contributed by atoms with Crippen LogP contribution in [0.3, 0.4) is 0 Å². The standard InChI is InChI=1S/C14H17N3/c1-5-13-16-11-8-10(9-15)6-7-12(11)17(13)14(2,3)4/h6-8H,5H2,1-4H3. The van der Waals surface area contributed by atoms with Crippen LogP contribution >= 0.6 is 0 Å². The largest absolute Gasteiger partial charge is 0.323 e. The molecular formula is C14H17N3. The second kappa shape index (κ2) is 3.89. The fourth-order valence-corrected chi connectivity index (χ4v) is 2.19. The number of hydrogen-bond donors (Lipinski definition) is 0. The summed E-state index contributed by atoms with van der Waals surface area (Å²) in [5.41, 5.74) is 2.69. The molecule has 0 aliphatic carbocycles. The van der Waals surface area contributed by atoms with Crippen LogP contribution in [-0.4, -0.2) is 9.55 Å². The summed E-state index contributed by atoms with van der Waals surface area (Å²) in [7, 11) is 0. The van der Waals surface area contributed by atoms with Gasteiger partial charge < -0.3 is 4.57 Å². The SMILES string of the molecule is CCc1nc2cc(C#N)ccc2n1C(C)(C)C. The van der Waals surface area contributed by atoms with E-state index in [9.17, 15) is 0 Å². The molecule has 2 aromatic rings. The zero-order chi connectivity index (χ0) is 12.6. The van der Waals surface area contributed by atoms with Crippen molar-refractivity contribution >= 4 is 11.0 Å². The summed E-state index contributed by atoms with van der Waals surface area (Å²) in [6, 6.07) is 7.86. The lowest BCUT2D eigenvalue weighted by molar-refractivity contribution is 0.395. The van der Waals surface area contributed by atoms with Crippen molar-refractivity contribution in [2.45, 2.75) is 39.7 Å². The van der Waals surface area contributed by atoms with E-state index >= 15 is 0 Å². The van der Waals surface area contributed by atoms with Crippen molar-refractivity contribution in [2.75, 3.05) is 0 Å². The summed E-state index contributed by atoms with van der Waals surface area (Å²) in [5, 5.41) is 8.91. The van der Waals surface area contributed by atoms with Crippen molar-refractivity contribution in [1.82, 2.24) is 9.55 Å². The highest BCUT2D eigenvalue weighted by molar-refractivity contribution is 5.78. The fraction of sp³-hybridized carbons (Fsp3) is 0.429. The fourth-order valence-electron chi connectivity index (χ4n) is 2.19. The summed E-state index contributed by atoms with van der Waals surface area (Å²) < 4.78 is 2.25. The highest BCUT2D eigenvalue weighted by atomic mass is 15.1. The van der Waals surface area contributed by atoms with Gasteiger partial charge in [0.2, 0.25) is 0 Å². The van der Waals surface area contributed by atoms with E-state index in [0.717, 1.165) is 23.3 Å². The van der Waals surface area contributed by atoms with E-state index in [1.807, 2.05) is 18.2 Å². The van der Waals surface area contributed by atoms with Crippen molar-refractivity contribution in [1.29, 1.82) is 5.26 Å². The molecule has 0 radical (unpaired) electrons. The highest BCUT2D eigenvalue weighted by Crippen LogP contribution is 2.26. The van der Waals surface area contributed by atoms with E-state index < -0.39 is 0 Å². The molecule has 88 valence electrons. The molecule has 0 spiro atoms. The molecule has 0 fully saturated rings. The zero-order valence-electron chi connectivity index (χ0n) is 10.8. The van der Waals surface area contributed by atoms with E-state index in [0.29, 0.717) is 5.56 Å². The van der Waals surface area contributed by atoms with Gasteiger partial charge in [-0.25, -0.2) is 4.98 Å². The number of nitrogens with zero attached hydrogens (tertiary/aromatic N) is 3. The molecule has 1 aromatic carbocycles. The number of aryl methyl sites for hydroxylation is 1. The van der Waals surface area contributed by atoms with Gasteiger partial charge in [0.25, 0.3) is 0 Å². The summed E-state index contributed by atoms with van der Waals surface area (Å²) in [6.07, 6.45) is 0.897. The Morgan fingerprint density at radius 3 is 2.59 bits per heavy atom. The lowest BCUT2D eigenvalue weighted by atomic mass is 10.1. The molecule has 1 heterocycles. The lowest BCUT2D eigenvalue weighted by Gasteiger charge is -2.24. The maximum Gasteiger partial charge on any atom is 0.110 e. The molecule has 2 rings (SSSR count). The van der Waals surface area contributed by atoms with Gasteiger partial charge in [-0.2, -0.15) is 5.26 Å². The predicted molar refractivity (Wildman–Crippen MR) is 68.8 cm³/mol. The van der Waals surface area contributed by atoms with Gasteiger partial charge in [-0.15, -0.1) is 0 Å². The Kier molecular flexibility index (Phi) is 2.66. The molecule has 0 unspecified atom stereocenters. The number of nitriles is 1. The van der Waals surface area contributed by atoms with Crippen LogP contribution in [0.5, 0.6) is 0 Å². The zero-order valence-corrected chi connectivity index (χ0v) is 10.8. The summed E-state index contributed by atoms with van der Waals surface area (Å²) in [6.45, 7) is 8.62. The van der Waals surface area contributed by atoms with E-state index in [1.54, 1.807) is 0 Å². The number of benzene rings is 1. The van der Waals surface area contributed by atoms with Crippen LogP contribution in [-0.2, 0) is 12.0 Å². The van der Waals surface area contributed by atoms with Crippen molar-refractivity contribution < 1.29 is 0 Å². The van der Waals surface area contributed by atoms with E-state index in [-0.39, 0.29) is 5.54 Å². The Morgan fingerprint density at radius 1 is 1.35 bits per heavy atom. The average Bonchev–Trinajstić information content (AvgIpc) is 2.65. The Labute approximate surface area is 102 Å². The first-order valence-electron chi connectivity index (χ1n) is 5.89. The Balaban J connectivity index is 2.78. The molecule has 3 heteroatoms. The summed E-state index contributed by atoms with van der Waals surface area (Å²) >= 11 is 0. The Hall–Kier alpha value is -1.82. The van der Waals surface area contributed by atoms with Crippen LogP contribution in [0.15, 0.2) is 18.2 Å². The molecule has 0 saturated carbocycles. The summed E-state index contributed by atoms with van der Waals surface area (Å²) in [5.74, 6) is 1.07. The minimum absolute atomic E-state index is 0.00819. The predicted octanol–water partition coefficient (Wildman–Crippen LogP) is 3.23. The van der Waals surface area contributed by atoms with E-state index in [1.165, 1.54) is 0 Å². The number of imidazole rings is 1. The first-order valence-corrected chi connectivity index (χ1v) is 5.89. The molecule has 0 bridgehead atoms. The first-order chi connectivity index (χ1) is 7.97. The molecule has 0 saturated heterocycles. The molecular weight excluding hydrogens is 210 g/mol. The van der Waals surface area contributed by atoms with Crippen LogP contribution in [0.2, 0.25) is 0 Å². The molecule has 17 heavy (non-hydrogen) atoms. The lowest BCUT2D eigenvalue weighted by Crippen LogP contribution is -2.23. The average molecular weight is 227 g/mol. The molecule has 0 N–H and O–H groups in total. The molecule has 3 nitrogen and oxygen atoms in total. The van der Waals surface area contributed by atoms with Crippen LogP contribution in [0, 0.1) is 11.3 Å². The van der Waals surface area contributed by atoms with Gasteiger partial charge in [0.1, 0.15) is 5.82 Å². The minimum atomic E-state index is 0.00819. The maximum absolute atomic E-state index is 8.91. The van der Waals surface area contributed by atoms with Crippen molar-refractivity contribution in [3.05, 3.63) is 29.6 Å². The minimum Gasteiger partial charge on any atom is -0.323 e. The molecule has 0 aliphatic heterocycles. The third-order valence-electron chi connectivity index (χ3n) is 2.84. The number of hydrogen-bond acceptors (Lipinski definition) is 2. The molecule has 1 aromatic heterocycles. The van der Waals surface area contributed by atoms with Crippen molar-refractivity contribution in [2.24, 2.45) is 0 Å². The van der Waals surface area contributed by atoms with Crippen LogP contribution in [0.1, 0.15) is 39.1 Å². The van der Waals surface area contributed by atoms with Gasteiger partial charge in [-0.3, -0.25) is 0 Å². The Bertz CT molecular complexity index is 594. The first kappa shape index (κ1) is 11.7. The molecule has 0 atom stereocenters. The molecule has 0 amide bonds. The van der Waals surface area contributed by atoms with Crippen molar-refractivity contribution in [3.8, 4) is 6.07 Å².